The van der Waals surface area contributed by atoms with Crippen molar-refractivity contribution in [1.82, 2.24) is 0 Å². The van der Waals surface area contributed by atoms with Gasteiger partial charge in [0.15, 0.2) is 0 Å². The van der Waals surface area contributed by atoms with Gasteiger partial charge in [0, 0.05) is 16.4 Å². The minimum atomic E-state index is -3.41. The molecule has 0 unspecified atom stereocenters. The molecule has 0 aliphatic carbocycles. The molecule has 0 aromatic heterocycles. The Labute approximate surface area is 62.7 Å². The van der Waals surface area contributed by atoms with Gasteiger partial charge in [-0.05, 0) is 6.42 Å². The molecule has 9 heavy (non-hydrogen) atoms. The first-order valence-corrected chi connectivity index (χ1v) is 5.68. The van der Waals surface area contributed by atoms with Crippen LogP contribution in [0.1, 0.15) is 6.42 Å². The van der Waals surface area contributed by atoms with E-state index in [9.17, 15) is 8.42 Å². The van der Waals surface area contributed by atoms with Crippen molar-refractivity contribution in [3.63, 3.8) is 0 Å². The molecule has 2 nitrogen and oxygen atoms in total. The van der Waals surface area contributed by atoms with Crippen molar-refractivity contribution in [1.29, 1.82) is 0 Å². The van der Waals surface area contributed by atoms with E-state index in [0.29, 0.717) is 4.24 Å². The Bertz CT molecular complexity index is 229. The zero-order valence-corrected chi connectivity index (χ0v) is 6.89. The van der Waals surface area contributed by atoms with Crippen LogP contribution in [0.15, 0.2) is 10.3 Å². The number of hydrogen-bond donors (Lipinski definition) is 0. The third-order valence-electron chi connectivity index (χ3n) is 0.913. The van der Waals surface area contributed by atoms with Gasteiger partial charge in [0.2, 0.25) is 0 Å². The zero-order valence-electron chi connectivity index (χ0n) is 4.50. The first kappa shape index (κ1) is 7.44. The maximum Gasteiger partial charge on any atom is 0.266 e. The first-order valence-electron chi connectivity index (χ1n) is 2.38. The lowest BCUT2D eigenvalue weighted by Gasteiger charge is -1.90. The second-order valence-corrected chi connectivity index (χ2v) is 5.53. The van der Waals surface area contributed by atoms with Crippen molar-refractivity contribution in [2.45, 2.75) is 6.42 Å². The molecule has 0 bridgehead atoms. The zero-order chi connectivity index (χ0) is 6.91. The Hall–Kier alpha value is 0.330. The lowest BCUT2D eigenvalue weighted by Crippen LogP contribution is -1.86. The number of rotatable bonds is 1. The van der Waals surface area contributed by atoms with Crippen molar-refractivity contribution in [3.8, 4) is 0 Å². The molecular weight excluding hydrogens is 180 g/mol. The molecule has 0 fully saturated rings. The quantitative estimate of drug-likeness (QED) is 0.580. The van der Waals surface area contributed by atoms with Gasteiger partial charge in [-0.1, -0.05) is 6.08 Å². The topological polar surface area (TPSA) is 34.1 Å². The second kappa shape index (κ2) is 2.52. The summed E-state index contributed by atoms with van der Waals surface area (Å²) < 4.78 is 21.3. The summed E-state index contributed by atoms with van der Waals surface area (Å²) in [7, 11) is 1.62. The lowest BCUT2D eigenvalue weighted by molar-refractivity contribution is 0.616. The molecule has 0 spiro atoms. The first-order chi connectivity index (χ1) is 4.11. The summed E-state index contributed by atoms with van der Waals surface area (Å²) in [5.41, 5.74) is 0. The molecule has 0 aromatic carbocycles. The second-order valence-electron chi connectivity index (χ2n) is 1.60. The van der Waals surface area contributed by atoms with E-state index < -0.39 is 9.05 Å². The minimum absolute atomic E-state index is 0.309. The molecule has 0 saturated carbocycles. The van der Waals surface area contributed by atoms with E-state index in [1.165, 1.54) is 11.8 Å². The standard InChI is InChI=1S/C4H5ClO2S2/c5-9(6,7)4-2-1-3-8-4/h2H,1,3H2. The van der Waals surface area contributed by atoms with Gasteiger partial charge in [-0.3, -0.25) is 0 Å². The van der Waals surface area contributed by atoms with Crippen LogP contribution in [0.5, 0.6) is 0 Å². The van der Waals surface area contributed by atoms with Crippen LogP contribution in [-0.4, -0.2) is 14.2 Å². The maximum atomic E-state index is 10.5. The van der Waals surface area contributed by atoms with Crippen LogP contribution in [0.25, 0.3) is 0 Å². The fourth-order valence-corrected chi connectivity index (χ4v) is 2.96. The summed E-state index contributed by atoms with van der Waals surface area (Å²) >= 11 is 1.29. The van der Waals surface area contributed by atoms with Gasteiger partial charge in [-0.25, -0.2) is 8.42 Å². The Morgan fingerprint density at radius 1 is 1.67 bits per heavy atom. The Kier molecular flexibility index (Phi) is 2.08. The largest absolute Gasteiger partial charge is 0.266 e. The summed E-state index contributed by atoms with van der Waals surface area (Å²) in [5.74, 6) is 0.835. The van der Waals surface area contributed by atoms with Crippen molar-refractivity contribution in [2.75, 3.05) is 5.75 Å². The van der Waals surface area contributed by atoms with Crippen LogP contribution in [-0.2, 0) is 9.05 Å². The molecular formula is C4H5ClO2S2. The van der Waals surface area contributed by atoms with Gasteiger partial charge in [0.25, 0.3) is 9.05 Å². The van der Waals surface area contributed by atoms with Gasteiger partial charge in [0.1, 0.15) is 4.24 Å². The number of thioether (sulfide) groups is 1. The molecule has 1 aliphatic rings. The SMILES string of the molecule is O=S(=O)(Cl)C1=CCCS1. The summed E-state index contributed by atoms with van der Waals surface area (Å²) in [4.78, 5) is 0. The Morgan fingerprint density at radius 3 is 2.56 bits per heavy atom. The predicted molar refractivity (Wildman–Crippen MR) is 39.9 cm³/mol. The molecule has 52 valence electrons. The van der Waals surface area contributed by atoms with E-state index in [1.807, 2.05) is 0 Å². The van der Waals surface area contributed by atoms with E-state index in [-0.39, 0.29) is 0 Å². The van der Waals surface area contributed by atoms with Crippen molar-refractivity contribution >= 4 is 31.5 Å². The van der Waals surface area contributed by atoms with Crippen molar-refractivity contribution < 1.29 is 8.42 Å². The maximum absolute atomic E-state index is 10.5. The van der Waals surface area contributed by atoms with Gasteiger partial charge in [0.05, 0.1) is 0 Å². The van der Waals surface area contributed by atoms with E-state index in [4.69, 9.17) is 10.7 Å². The molecule has 0 N–H and O–H groups in total. The van der Waals surface area contributed by atoms with Gasteiger partial charge in [-0.2, -0.15) is 0 Å². The molecule has 0 saturated heterocycles. The molecule has 1 rings (SSSR count). The number of hydrogen-bond acceptors (Lipinski definition) is 3. The molecule has 0 radical (unpaired) electrons. The van der Waals surface area contributed by atoms with Gasteiger partial charge in [-0.15, -0.1) is 11.8 Å². The lowest BCUT2D eigenvalue weighted by atomic mass is 10.5. The van der Waals surface area contributed by atoms with Crippen LogP contribution in [0.3, 0.4) is 0 Å². The number of allylic oxidation sites excluding steroid dienone is 1. The van der Waals surface area contributed by atoms with Crippen LogP contribution in [0, 0.1) is 0 Å². The van der Waals surface area contributed by atoms with Crippen molar-refractivity contribution in [3.05, 3.63) is 10.3 Å². The highest BCUT2D eigenvalue weighted by Gasteiger charge is 2.17. The summed E-state index contributed by atoms with van der Waals surface area (Å²) in [5, 5.41) is 0. The summed E-state index contributed by atoms with van der Waals surface area (Å²) in [6, 6.07) is 0. The van der Waals surface area contributed by atoms with E-state index >= 15 is 0 Å². The smallest absolute Gasteiger partial charge is 0.206 e. The Morgan fingerprint density at radius 2 is 2.33 bits per heavy atom. The van der Waals surface area contributed by atoms with Gasteiger partial charge < -0.3 is 0 Å². The van der Waals surface area contributed by atoms with Crippen LogP contribution in [0.4, 0.5) is 0 Å². The Balaban J connectivity index is 2.87. The van der Waals surface area contributed by atoms with E-state index in [0.717, 1.165) is 12.2 Å². The highest BCUT2D eigenvalue weighted by atomic mass is 35.7. The van der Waals surface area contributed by atoms with Crippen LogP contribution >= 0.6 is 22.4 Å². The summed E-state index contributed by atoms with van der Waals surface area (Å²) in [6.45, 7) is 0. The molecule has 1 heterocycles. The van der Waals surface area contributed by atoms with E-state index in [1.54, 1.807) is 6.08 Å². The van der Waals surface area contributed by atoms with E-state index in [2.05, 4.69) is 0 Å². The fourth-order valence-electron chi connectivity index (χ4n) is 0.565. The average molecular weight is 185 g/mol. The highest BCUT2D eigenvalue weighted by Crippen LogP contribution is 2.31. The molecule has 1 aliphatic heterocycles. The average Bonchev–Trinajstić information content (AvgIpc) is 2.08. The third kappa shape index (κ3) is 1.88. The summed E-state index contributed by atoms with van der Waals surface area (Å²) in [6.07, 6.45) is 2.46. The molecule has 5 heteroatoms. The van der Waals surface area contributed by atoms with Crippen LogP contribution < -0.4 is 0 Å². The highest BCUT2D eigenvalue weighted by molar-refractivity contribution is 8.29. The monoisotopic (exact) mass is 184 g/mol. The molecule has 0 aromatic rings. The molecule has 0 atom stereocenters. The fraction of sp³-hybridized carbons (Fsp3) is 0.500. The van der Waals surface area contributed by atoms with Crippen LogP contribution in [0.2, 0.25) is 0 Å². The predicted octanol–water partition coefficient (Wildman–Crippen LogP) is 1.53. The van der Waals surface area contributed by atoms with Gasteiger partial charge >= 0.3 is 0 Å². The normalized spacial score (nSPS) is 19.9. The number of halogens is 1. The molecule has 0 amide bonds. The third-order valence-corrected chi connectivity index (χ3v) is 4.24. The van der Waals surface area contributed by atoms with Crippen molar-refractivity contribution in [2.24, 2.45) is 0 Å². The minimum Gasteiger partial charge on any atom is -0.206 e.